The second kappa shape index (κ2) is 8.40. The SMILES string of the molecule is CC(C)Oc1ccccc1CCNC(=O)N1CCN2CCNC(=O)[C@H]2C1. The van der Waals surface area contributed by atoms with E-state index >= 15 is 0 Å². The van der Waals surface area contributed by atoms with Crippen LogP contribution in [0.4, 0.5) is 4.79 Å². The second-order valence-electron chi connectivity index (χ2n) is 7.05. The molecule has 2 aliphatic heterocycles. The summed E-state index contributed by atoms with van der Waals surface area (Å²) in [5.74, 6) is 0.887. The van der Waals surface area contributed by atoms with Gasteiger partial charge in [-0.2, -0.15) is 0 Å². The Morgan fingerprint density at radius 1 is 1.31 bits per heavy atom. The first-order valence-corrected chi connectivity index (χ1v) is 9.33. The first-order chi connectivity index (χ1) is 12.5. The third-order valence-electron chi connectivity index (χ3n) is 4.79. The van der Waals surface area contributed by atoms with E-state index in [4.69, 9.17) is 4.74 Å². The average Bonchev–Trinajstić information content (AvgIpc) is 2.63. The summed E-state index contributed by atoms with van der Waals surface area (Å²) < 4.78 is 5.82. The maximum absolute atomic E-state index is 12.5. The van der Waals surface area contributed by atoms with E-state index in [1.54, 1.807) is 4.90 Å². The van der Waals surface area contributed by atoms with Crippen LogP contribution in [-0.4, -0.2) is 73.2 Å². The molecule has 1 aromatic rings. The number of nitrogens with zero attached hydrogens (tertiary/aromatic N) is 2. The van der Waals surface area contributed by atoms with E-state index in [9.17, 15) is 9.59 Å². The van der Waals surface area contributed by atoms with Gasteiger partial charge in [0.1, 0.15) is 11.8 Å². The topological polar surface area (TPSA) is 73.9 Å². The van der Waals surface area contributed by atoms with Crippen LogP contribution >= 0.6 is 0 Å². The predicted octanol–water partition coefficient (Wildman–Crippen LogP) is 0.842. The van der Waals surface area contributed by atoms with Crippen LogP contribution in [-0.2, 0) is 11.2 Å². The predicted molar refractivity (Wildman–Crippen MR) is 99.3 cm³/mol. The lowest BCUT2D eigenvalue weighted by molar-refractivity contribution is -0.131. The van der Waals surface area contributed by atoms with Crippen molar-refractivity contribution >= 4 is 11.9 Å². The molecule has 0 radical (unpaired) electrons. The summed E-state index contributed by atoms with van der Waals surface area (Å²) in [7, 11) is 0. The maximum atomic E-state index is 12.5. The van der Waals surface area contributed by atoms with Gasteiger partial charge in [-0.25, -0.2) is 4.79 Å². The molecule has 2 fully saturated rings. The average molecular weight is 360 g/mol. The zero-order valence-electron chi connectivity index (χ0n) is 15.5. The second-order valence-corrected chi connectivity index (χ2v) is 7.05. The molecule has 2 aliphatic rings. The van der Waals surface area contributed by atoms with Gasteiger partial charge in [0.25, 0.3) is 0 Å². The van der Waals surface area contributed by atoms with Gasteiger partial charge in [-0.3, -0.25) is 9.69 Å². The van der Waals surface area contributed by atoms with Crippen molar-refractivity contribution in [2.45, 2.75) is 32.4 Å². The van der Waals surface area contributed by atoms with Gasteiger partial charge in [0, 0.05) is 39.3 Å². The number of carbonyl (C=O) groups is 2. The summed E-state index contributed by atoms with van der Waals surface area (Å²) in [6.07, 6.45) is 0.821. The first-order valence-electron chi connectivity index (χ1n) is 9.33. The number of para-hydroxylation sites is 1. The smallest absolute Gasteiger partial charge is 0.317 e. The minimum absolute atomic E-state index is 0.0218. The fraction of sp³-hybridized carbons (Fsp3) is 0.579. The normalized spacial score (nSPS) is 20.5. The van der Waals surface area contributed by atoms with Crippen molar-refractivity contribution in [3.63, 3.8) is 0 Å². The fourth-order valence-corrected chi connectivity index (χ4v) is 3.46. The van der Waals surface area contributed by atoms with Crippen molar-refractivity contribution in [1.29, 1.82) is 0 Å². The lowest BCUT2D eigenvalue weighted by atomic mass is 10.1. The van der Waals surface area contributed by atoms with Crippen LogP contribution in [0.3, 0.4) is 0 Å². The molecule has 7 heteroatoms. The highest BCUT2D eigenvalue weighted by atomic mass is 16.5. The van der Waals surface area contributed by atoms with Crippen molar-refractivity contribution in [3.05, 3.63) is 29.8 Å². The van der Waals surface area contributed by atoms with Gasteiger partial charge in [-0.1, -0.05) is 18.2 Å². The number of hydrogen-bond acceptors (Lipinski definition) is 4. The number of ether oxygens (including phenoxy) is 1. The van der Waals surface area contributed by atoms with Crippen LogP contribution in [0.25, 0.3) is 0 Å². The summed E-state index contributed by atoms with van der Waals surface area (Å²) in [6, 6.07) is 7.58. The molecule has 142 valence electrons. The molecule has 1 atom stereocenters. The standard InChI is InChI=1S/C19H28N4O3/c1-14(2)26-17-6-4-3-5-15(17)7-8-21-19(25)23-12-11-22-10-9-20-18(24)16(22)13-23/h3-6,14,16H,7-13H2,1-2H3,(H,20,24)(H,21,25)/t16-/m1/s1. The molecule has 3 rings (SSSR count). The Labute approximate surface area is 154 Å². The molecule has 2 saturated heterocycles. The molecule has 0 spiro atoms. The van der Waals surface area contributed by atoms with Crippen LogP contribution < -0.4 is 15.4 Å². The van der Waals surface area contributed by atoms with Gasteiger partial charge in [0.2, 0.25) is 5.91 Å². The maximum Gasteiger partial charge on any atom is 0.317 e. The number of hydrogen-bond donors (Lipinski definition) is 2. The third-order valence-corrected chi connectivity index (χ3v) is 4.79. The molecule has 26 heavy (non-hydrogen) atoms. The summed E-state index contributed by atoms with van der Waals surface area (Å²) in [5, 5.41) is 5.85. The summed E-state index contributed by atoms with van der Waals surface area (Å²) in [6.45, 7) is 7.94. The number of nitrogens with one attached hydrogen (secondary N) is 2. The van der Waals surface area contributed by atoms with Crippen LogP contribution in [0.15, 0.2) is 24.3 Å². The van der Waals surface area contributed by atoms with E-state index in [-0.39, 0.29) is 24.1 Å². The van der Waals surface area contributed by atoms with Crippen molar-refractivity contribution in [2.24, 2.45) is 0 Å². The lowest BCUT2D eigenvalue weighted by Gasteiger charge is -2.42. The Kier molecular flexibility index (Phi) is 5.98. The third kappa shape index (κ3) is 4.46. The molecule has 0 saturated carbocycles. The summed E-state index contributed by atoms with van der Waals surface area (Å²) in [4.78, 5) is 28.4. The van der Waals surface area contributed by atoms with E-state index < -0.39 is 0 Å². The molecule has 7 nitrogen and oxygen atoms in total. The van der Waals surface area contributed by atoms with E-state index in [0.29, 0.717) is 32.6 Å². The molecular formula is C19H28N4O3. The molecule has 0 unspecified atom stereocenters. The Hall–Kier alpha value is -2.28. The Balaban J connectivity index is 1.50. The van der Waals surface area contributed by atoms with E-state index in [1.165, 1.54) is 0 Å². The minimum Gasteiger partial charge on any atom is -0.491 e. The van der Waals surface area contributed by atoms with Gasteiger partial charge >= 0.3 is 6.03 Å². The summed E-state index contributed by atoms with van der Waals surface area (Å²) >= 11 is 0. The Morgan fingerprint density at radius 2 is 2.12 bits per heavy atom. The van der Waals surface area contributed by atoms with Crippen molar-refractivity contribution in [3.8, 4) is 5.75 Å². The minimum atomic E-state index is -0.219. The zero-order valence-corrected chi connectivity index (χ0v) is 15.5. The van der Waals surface area contributed by atoms with Gasteiger partial charge < -0.3 is 20.3 Å². The van der Waals surface area contributed by atoms with Crippen molar-refractivity contribution in [2.75, 3.05) is 39.3 Å². The lowest BCUT2D eigenvalue weighted by Crippen LogP contribution is -2.65. The summed E-state index contributed by atoms with van der Waals surface area (Å²) in [5.41, 5.74) is 1.08. The number of rotatable bonds is 5. The largest absolute Gasteiger partial charge is 0.491 e. The highest BCUT2D eigenvalue weighted by molar-refractivity contribution is 5.84. The van der Waals surface area contributed by atoms with Crippen LogP contribution in [0.5, 0.6) is 5.75 Å². The highest BCUT2D eigenvalue weighted by Crippen LogP contribution is 2.19. The van der Waals surface area contributed by atoms with Gasteiger partial charge in [-0.05, 0) is 31.9 Å². The molecule has 0 aromatic heterocycles. The van der Waals surface area contributed by atoms with Crippen LogP contribution in [0, 0.1) is 0 Å². The number of amides is 3. The number of urea groups is 1. The van der Waals surface area contributed by atoms with E-state index in [2.05, 4.69) is 15.5 Å². The van der Waals surface area contributed by atoms with Gasteiger partial charge in [-0.15, -0.1) is 0 Å². The van der Waals surface area contributed by atoms with Crippen LogP contribution in [0.2, 0.25) is 0 Å². The monoisotopic (exact) mass is 360 g/mol. The number of fused-ring (bicyclic) bond motifs is 1. The Bertz CT molecular complexity index is 649. The van der Waals surface area contributed by atoms with Crippen LogP contribution in [0.1, 0.15) is 19.4 Å². The molecule has 2 heterocycles. The van der Waals surface area contributed by atoms with Gasteiger partial charge in [0.15, 0.2) is 0 Å². The molecule has 2 N–H and O–H groups in total. The van der Waals surface area contributed by atoms with Crippen molar-refractivity contribution < 1.29 is 14.3 Å². The number of benzene rings is 1. The Morgan fingerprint density at radius 3 is 2.92 bits per heavy atom. The fourth-order valence-electron chi connectivity index (χ4n) is 3.46. The first kappa shape index (κ1) is 18.5. The molecule has 0 aliphatic carbocycles. The zero-order chi connectivity index (χ0) is 18.5. The number of piperazine rings is 2. The highest BCUT2D eigenvalue weighted by Gasteiger charge is 2.36. The molecule has 3 amide bonds. The van der Waals surface area contributed by atoms with Gasteiger partial charge in [0.05, 0.1) is 6.10 Å². The van der Waals surface area contributed by atoms with E-state index in [0.717, 1.165) is 24.4 Å². The molecule has 1 aromatic carbocycles. The number of carbonyl (C=O) groups excluding carboxylic acids is 2. The van der Waals surface area contributed by atoms with Crippen molar-refractivity contribution in [1.82, 2.24) is 20.4 Å². The quantitative estimate of drug-likeness (QED) is 0.816. The van der Waals surface area contributed by atoms with E-state index in [1.807, 2.05) is 38.1 Å². The molecule has 0 bridgehead atoms. The molecular weight excluding hydrogens is 332 g/mol.